The molecule has 2 aromatic rings. The van der Waals surface area contributed by atoms with E-state index in [9.17, 15) is 0 Å². The van der Waals surface area contributed by atoms with Crippen LogP contribution in [0.4, 0.5) is 0 Å². The fourth-order valence-electron chi connectivity index (χ4n) is 5.23. The highest BCUT2D eigenvalue weighted by Gasteiger charge is 2.40. The predicted octanol–water partition coefficient (Wildman–Crippen LogP) is 4.31. The van der Waals surface area contributed by atoms with Crippen LogP contribution in [0.1, 0.15) is 41.1 Å². The number of fused-ring (bicyclic) bond motifs is 4. The molecule has 2 bridgehead atoms. The van der Waals surface area contributed by atoms with Gasteiger partial charge in [-0.25, -0.2) is 0 Å². The van der Waals surface area contributed by atoms with Gasteiger partial charge in [-0.1, -0.05) is 41.9 Å². The third-order valence-corrected chi connectivity index (χ3v) is 6.93. The van der Waals surface area contributed by atoms with E-state index in [0.717, 1.165) is 29.9 Å². The second-order valence-corrected chi connectivity index (χ2v) is 8.45. The Balaban J connectivity index is 1.56. The van der Waals surface area contributed by atoms with Gasteiger partial charge in [-0.05, 0) is 67.1 Å². The van der Waals surface area contributed by atoms with Crippen LogP contribution < -0.4 is 0 Å². The van der Waals surface area contributed by atoms with Gasteiger partial charge < -0.3 is 0 Å². The summed E-state index contributed by atoms with van der Waals surface area (Å²) in [7, 11) is 2.32. The van der Waals surface area contributed by atoms with E-state index in [1.165, 1.54) is 48.2 Å². The number of likely N-dealkylation sites (tertiary alicyclic amines) is 1. The second-order valence-electron chi connectivity index (χ2n) is 8.01. The van der Waals surface area contributed by atoms with Gasteiger partial charge in [-0.3, -0.25) is 9.80 Å². The quantitative estimate of drug-likeness (QED) is 0.754. The first kappa shape index (κ1) is 15.9. The topological polar surface area (TPSA) is 6.48 Å². The van der Waals surface area contributed by atoms with Gasteiger partial charge in [-0.2, -0.15) is 0 Å². The molecule has 2 aliphatic heterocycles. The van der Waals surface area contributed by atoms with Gasteiger partial charge in [-0.15, -0.1) is 0 Å². The SMILES string of the molecule is CN1C2CCC1CN(C1Cc3cc(Cl)ccc3Cc3ccccc31)C2. The van der Waals surface area contributed by atoms with Crippen molar-refractivity contribution in [2.75, 3.05) is 20.1 Å². The lowest BCUT2D eigenvalue weighted by molar-refractivity contribution is 0.0572. The van der Waals surface area contributed by atoms with Gasteiger partial charge in [0.1, 0.15) is 0 Å². The average molecular weight is 353 g/mol. The van der Waals surface area contributed by atoms with E-state index in [0.29, 0.717) is 6.04 Å². The summed E-state index contributed by atoms with van der Waals surface area (Å²) in [5, 5.41) is 0.863. The normalized spacial score (nSPS) is 29.1. The Morgan fingerprint density at radius 3 is 2.48 bits per heavy atom. The molecule has 2 heterocycles. The lowest BCUT2D eigenvalue weighted by Gasteiger charge is -2.43. The largest absolute Gasteiger partial charge is 0.298 e. The van der Waals surface area contributed by atoms with Crippen LogP contribution in [-0.2, 0) is 12.8 Å². The van der Waals surface area contributed by atoms with Crippen LogP contribution in [0.2, 0.25) is 5.02 Å². The summed E-state index contributed by atoms with van der Waals surface area (Å²) in [4.78, 5) is 5.38. The summed E-state index contributed by atoms with van der Waals surface area (Å²) < 4.78 is 0. The van der Waals surface area contributed by atoms with Gasteiger partial charge >= 0.3 is 0 Å². The first-order valence-corrected chi connectivity index (χ1v) is 9.88. The number of nitrogens with zero attached hydrogens (tertiary/aromatic N) is 2. The van der Waals surface area contributed by atoms with Gasteiger partial charge in [0.05, 0.1) is 0 Å². The average Bonchev–Trinajstić information content (AvgIpc) is 2.81. The third kappa shape index (κ3) is 2.71. The maximum Gasteiger partial charge on any atom is 0.0408 e. The smallest absolute Gasteiger partial charge is 0.0408 e. The Bertz CT molecular complexity index is 788. The van der Waals surface area contributed by atoms with Crippen molar-refractivity contribution in [3.63, 3.8) is 0 Å². The summed E-state index contributed by atoms with van der Waals surface area (Å²) in [5.41, 5.74) is 5.88. The highest BCUT2D eigenvalue weighted by Crippen LogP contribution is 2.39. The molecule has 0 aromatic heterocycles. The van der Waals surface area contributed by atoms with Gasteiger partial charge in [0.2, 0.25) is 0 Å². The number of piperazine rings is 1. The van der Waals surface area contributed by atoms with Gasteiger partial charge in [0.25, 0.3) is 0 Å². The van der Waals surface area contributed by atoms with Crippen molar-refractivity contribution in [3.8, 4) is 0 Å². The molecule has 0 N–H and O–H groups in total. The Kier molecular flexibility index (Phi) is 3.89. The van der Waals surface area contributed by atoms with Gasteiger partial charge in [0, 0.05) is 36.2 Å². The van der Waals surface area contributed by atoms with Crippen LogP contribution >= 0.6 is 11.6 Å². The molecule has 2 fully saturated rings. The zero-order valence-electron chi connectivity index (χ0n) is 14.8. The Labute approximate surface area is 155 Å². The van der Waals surface area contributed by atoms with E-state index in [-0.39, 0.29) is 0 Å². The lowest BCUT2D eigenvalue weighted by atomic mass is 9.95. The van der Waals surface area contributed by atoms with Crippen molar-refractivity contribution in [1.82, 2.24) is 9.80 Å². The molecular formula is C22H25ClN2. The van der Waals surface area contributed by atoms with Crippen molar-refractivity contribution >= 4 is 11.6 Å². The summed E-state index contributed by atoms with van der Waals surface area (Å²) in [6.07, 6.45) is 4.82. The second kappa shape index (κ2) is 6.12. The predicted molar refractivity (Wildman–Crippen MR) is 103 cm³/mol. The molecule has 3 unspecified atom stereocenters. The van der Waals surface area contributed by atoms with E-state index in [2.05, 4.69) is 53.2 Å². The molecule has 5 rings (SSSR count). The maximum absolute atomic E-state index is 6.33. The molecule has 1 aliphatic carbocycles. The van der Waals surface area contributed by atoms with Crippen LogP contribution in [0, 0.1) is 0 Å². The lowest BCUT2D eigenvalue weighted by Crippen LogP contribution is -2.53. The Hall–Kier alpha value is -1.35. The molecule has 0 radical (unpaired) electrons. The number of hydrogen-bond donors (Lipinski definition) is 0. The molecule has 0 amide bonds. The molecule has 25 heavy (non-hydrogen) atoms. The first-order valence-electron chi connectivity index (χ1n) is 9.50. The zero-order chi connectivity index (χ0) is 17.0. The summed E-state index contributed by atoms with van der Waals surface area (Å²) in [6, 6.07) is 17.5. The minimum absolute atomic E-state index is 0.479. The van der Waals surface area contributed by atoms with E-state index in [1.54, 1.807) is 0 Å². The van der Waals surface area contributed by atoms with Crippen LogP contribution in [0.25, 0.3) is 0 Å². The minimum atomic E-state index is 0.479. The zero-order valence-corrected chi connectivity index (χ0v) is 15.5. The Morgan fingerprint density at radius 2 is 1.68 bits per heavy atom. The van der Waals surface area contributed by atoms with Crippen LogP contribution in [0.15, 0.2) is 42.5 Å². The number of benzene rings is 2. The molecular weight excluding hydrogens is 328 g/mol. The molecule has 0 saturated carbocycles. The number of likely N-dealkylation sites (N-methyl/N-ethyl adjacent to an activating group) is 1. The molecule has 2 saturated heterocycles. The van der Waals surface area contributed by atoms with E-state index in [4.69, 9.17) is 11.6 Å². The number of hydrogen-bond acceptors (Lipinski definition) is 2. The van der Waals surface area contributed by atoms with Gasteiger partial charge in [0.15, 0.2) is 0 Å². The fourth-order valence-corrected chi connectivity index (χ4v) is 5.42. The number of rotatable bonds is 1. The van der Waals surface area contributed by atoms with Crippen LogP contribution in [0.5, 0.6) is 0 Å². The third-order valence-electron chi connectivity index (χ3n) is 6.69. The first-order chi connectivity index (χ1) is 12.2. The molecule has 2 aromatic carbocycles. The van der Waals surface area contributed by atoms with Crippen molar-refractivity contribution in [1.29, 1.82) is 0 Å². The van der Waals surface area contributed by atoms with E-state index in [1.807, 2.05) is 6.07 Å². The molecule has 3 heteroatoms. The molecule has 2 nitrogen and oxygen atoms in total. The Morgan fingerprint density at radius 1 is 0.920 bits per heavy atom. The standard InChI is InChI=1S/C22H25ClN2/c1-24-19-8-9-20(24)14-25(13-19)22-12-17-11-18(23)7-6-15(17)10-16-4-2-3-5-21(16)22/h2-7,11,19-20,22H,8-10,12-14H2,1H3. The maximum atomic E-state index is 6.33. The van der Waals surface area contributed by atoms with E-state index < -0.39 is 0 Å². The van der Waals surface area contributed by atoms with Crippen molar-refractivity contribution in [2.24, 2.45) is 0 Å². The van der Waals surface area contributed by atoms with Crippen molar-refractivity contribution < 1.29 is 0 Å². The van der Waals surface area contributed by atoms with Crippen LogP contribution in [-0.4, -0.2) is 42.0 Å². The van der Waals surface area contributed by atoms with Crippen molar-refractivity contribution in [3.05, 3.63) is 69.7 Å². The molecule has 3 aliphatic rings. The summed E-state index contributed by atoms with van der Waals surface area (Å²) in [5.74, 6) is 0. The molecule has 3 atom stereocenters. The number of halogens is 1. The minimum Gasteiger partial charge on any atom is -0.298 e. The van der Waals surface area contributed by atoms with E-state index >= 15 is 0 Å². The van der Waals surface area contributed by atoms with Crippen LogP contribution in [0.3, 0.4) is 0 Å². The molecule has 0 spiro atoms. The monoisotopic (exact) mass is 352 g/mol. The summed E-state index contributed by atoms with van der Waals surface area (Å²) in [6.45, 7) is 2.39. The highest BCUT2D eigenvalue weighted by molar-refractivity contribution is 6.30. The fraction of sp³-hybridized carbons (Fsp3) is 0.455. The van der Waals surface area contributed by atoms with Crippen molar-refractivity contribution in [2.45, 2.75) is 43.8 Å². The highest BCUT2D eigenvalue weighted by atomic mass is 35.5. The molecule has 130 valence electrons. The summed E-state index contributed by atoms with van der Waals surface area (Å²) >= 11 is 6.33.